The van der Waals surface area contributed by atoms with Gasteiger partial charge in [0.15, 0.2) is 0 Å². The van der Waals surface area contributed by atoms with Crippen LogP contribution in [0.2, 0.25) is 5.02 Å². The van der Waals surface area contributed by atoms with Gasteiger partial charge in [-0.25, -0.2) is 0 Å². The summed E-state index contributed by atoms with van der Waals surface area (Å²) in [5.41, 5.74) is 1.60. The third-order valence-electron chi connectivity index (χ3n) is 3.06. The van der Waals surface area contributed by atoms with Gasteiger partial charge < -0.3 is 0 Å². The lowest BCUT2D eigenvalue weighted by Gasteiger charge is -2.29. The van der Waals surface area contributed by atoms with Crippen molar-refractivity contribution in [2.24, 2.45) is 0 Å². The second-order valence-electron chi connectivity index (χ2n) is 4.22. The molecule has 74 valence electrons. The van der Waals surface area contributed by atoms with Crippen LogP contribution >= 0.6 is 11.6 Å². The minimum Gasteiger partial charge on any atom is -0.0877 e. The summed E-state index contributed by atoms with van der Waals surface area (Å²) in [5, 5.41) is 0.817. The Hall–Kier alpha value is -0.750. The lowest BCUT2D eigenvalue weighted by molar-refractivity contribution is 0.496. The summed E-state index contributed by atoms with van der Waals surface area (Å²) in [5.74, 6) is 0. The highest BCUT2D eigenvalue weighted by Gasteiger charge is 2.24. The zero-order chi connectivity index (χ0) is 10.0. The minimum atomic E-state index is 0.225. The van der Waals surface area contributed by atoms with E-state index in [-0.39, 0.29) is 5.41 Å². The molecule has 1 unspecified atom stereocenters. The number of hydrogen-bond acceptors (Lipinski definition) is 0. The standard InChI is InChI=1S/C13H15Cl/c1-13(9-3-2-4-10-13)11-5-7-12(14)8-6-11/h3,5-9H,2,4,10H2,1H3. The highest BCUT2D eigenvalue weighted by molar-refractivity contribution is 6.30. The summed E-state index contributed by atoms with van der Waals surface area (Å²) in [4.78, 5) is 0. The first-order chi connectivity index (χ1) is 6.71. The fraction of sp³-hybridized carbons (Fsp3) is 0.385. The van der Waals surface area contributed by atoms with Gasteiger partial charge in [0.2, 0.25) is 0 Å². The quantitative estimate of drug-likeness (QED) is 0.600. The van der Waals surface area contributed by atoms with Crippen LogP contribution in [0.1, 0.15) is 31.7 Å². The molecule has 1 aromatic rings. The SMILES string of the molecule is CC1(c2ccc(Cl)cc2)C=CCCC1. The predicted octanol–water partition coefficient (Wildman–Crippen LogP) is 4.34. The Labute approximate surface area is 90.6 Å². The van der Waals surface area contributed by atoms with E-state index in [0.717, 1.165) is 5.02 Å². The number of benzene rings is 1. The first kappa shape index (κ1) is 9.79. The molecule has 0 saturated heterocycles. The molecule has 0 saturated carbocycles. The van der Waals surface area contributed by atoms with Crippen LogP contribution in [-0.2, 0) is 5.41 Å². The van der Waals surface area contributed by atoms with E-state index in [2.05, 4.69) is 31.2 Å². The van der Waals surface area contributed by atoms with Crippen LogP contribution in [0.15, 0.2) is 36.4 Å². The summed E-state index contributed by atoms with van der Waals surface area (Å²) >= 11 is 5.88. The van der Waals surface area contributed by atoms with Gasteiger partial charge in [-0.2, -0.15) is 0 Å². The molecule has 0 amide bonds. The largest absolute Gasteiger partial charge is 0.0877 e. The minimum absolute atomic E-state index is 0.225. The maximum atomic E-state index is 5.88. The van der Waals surface area contributed by atoms with Gasteiger partial charge in [-0.1, -0.05) is 42.8 Å². The number of halogens is 1. The van der Waals surface area contributed by atoms with Crippen LogP contribution < -0.4 is 0 Å². The van der Waals surface area contributed by atoms with Crippen molar-refractivity contribution < 1.29 is 0 Å². The van der Waals surface area contributed by atoms with Gasteiger partial charge in [-0.15, -0.1) is 0 Å². The molecule has 0 bridgehead atoms. The molecule has 1 heteroatoms. The molecule has 0 spiro atoms. The van der Waals surface area contributed by atoms with Crippen molar-refractivity contribution in [1.82, 2.24) is 0 Å². The van der Waals surface area contributed by atoms with Gasteiger partial charge in [-0.05, 0) is 37.0 Å². The molecule has 0 aliphatic heterocycles. The van der Waals surface area contributed by atoms with E-state index >= 15 is 0 Å². The fourth-order valence-corrected chi connectivity index (χ4v) is 2.21. The second kappa shape index (κ2) is 3.78. The lowest BCUT2D eigenvalue weighted by Crippen LogP contribution is -2.20. The molecule has 0 N–H and O–H groups in total. The molecule has 0 nitrogen and oxygen atoms in total. The maximum Gasteiger partial charge on any atom is 0.0406 e. The van der Waals surface area contributed by atoms with E-state index in [0.29, 0.717) is 0 Å². The Bertz CT molecular complexity index is 337. The van der Waals surface area contributed by atoms with Crippen molar-refractivity contribution in [3.05, 3.63) is 47.0 Å². The summed E-state index contributed by atoms with van der Waals surface area (Å²) in [6, 6.07) is 8.23. The van der Waals surface area contributed by atoms with Crippen LogP contribution in [0.5, 0.6) is 0 Å². The third-order valence-corrected chi connectivity index (χ3v) is 3.31. The van der Waals surface area contributed by atoms with Crippen LogP contribution in [-0.4, -0.2) is 0 Å². The van der Waals surface area contributed by atoms with E-state index in [4.69, 9.17) is 11.6 Å². The van der Waals surface area contributed by atoms with Crippen molar-refractivity contribution in [2.75, 3.05) is 0 Å². The first-order valence-electron chi connectivity index (χ1n) is 5.14. The highest BCUT2D eigenvalue weighted by atomic mass is 35.5. The Morgan fingerprint density at radius 3 is 2.50 bits per heavy atom. The van der Waals surface area contributed by atoms with Crippen molar-refractivity contribution in [1.29, 1.82) is 0 Å². The normalized spacial score (nSPS) is 26.4. The zero-order valence-corrected chi connectivity index (χ0v) is 9.22. The van der Waals surface area contributed by atoms with Crippen LogP contribution in [0.4, 0.5) is 0 Å². The monoisotopic (exact) mass is 206 g/mol. The molecule has 2 rings (SSSR count). The average Bonchev–Trinajstić information content (AvgIpc) is 2.19. The van der Waals surface area contributed by atoms with Crippen LogP contribution in [0, 0.1) is 0 Å². The van der Waals surface area contributed by atoms with Gasteiger partial charge in [-0.3, -0.25) is 0 Å². The van der Waals surface area contributed by atoms with Gasteiger partial charge >= 0.3 is 0 Å². The van der Waals surface area contributed by atoms with E-state index in [1.807, 2.05) is 12.1 Å². The molecule has 0 fully saturated rings. The van der Waals surface area contributed by atoms with Crippen molar-refractivity contribution in [3.8, 4) is 0 Å². The van der Waals surface area contributed by atoms with Gasteiger partial charge in [0.25, 0.3) is 0 Å². The highest BCUT2D eigenvalue weighted by Crippen LogP contribution is 2.34. The second-order valence-corrected chi connectivity index (χ2v) is 4.66. The van der Waals surface area contributed by atoms with Crippen molar-refractivity contribution in [2.45, 2.75) is 31.6 Å². The molecule has 0 aromatic heterocycles. The van der Waals surface area contributed by atoms with Gasteiger partial charge in [0.1, 0.15) is 0 Å². The van der Waals surface area contributed by atoms with Crippen LogP contribution in [0.25, 0.3) is 0 Å². The molecule has 1 aliphatic carbocycles. The predicted molar refractivity (Wildman–Crippen MR) is 61.8 cm³/mol. The molecular formula is C13H15Cl. The lowest BCUT2D eigenvalue weighted by atomic mass is 9.75. The first-order valence-corrected chi connectivity index (χ1v) is 5.52. The van der Waals surface area contributed by atoms with E-state index in [9.17, 15) is 0 Å². The molecule has 1 atom stereocenters. The van der Waals surface area contributed by atoms with E-state index in [1.54, 1.807) is 0 Å². The van der Waals surface area contributed by atoms with Gasteiger partial charge in [0, 0.05) is 10.4 Å². The number of rotatable bonds is 1. The molecule has 1 aromatic carbocycles. The molecular weight excluding hydrogens is 192 g/mol. The summed E-state index contributed by atoms with van der Waals surface area (Å²) < 4.78 is 0. The molecule has 0 heterocycles. The third kappa shape index (κ3) is 1.85. The average molecular weight is 207 g/mol. The zero-order valence-electron chi connectivity index (χ0n) is 8.46. The topological polar surface area (TPSA) is 0 Å². The summed E-state index contributed by atoms with van der Waals surface area (Å²) in [6.45, 7) is 2.30. The summed E-state index contributed by atoms with van der Waals surface area (Å²) in [6.07, 6.45) is 8.38. The van der Waals surface area contributed by atoms with Crippen molar-refractivity contribution in [3.63, 3.8) is 0 Å². The molecule has 14 heavy (non-hydrogen) atoms. The van der Waals surface area contributed by atoms with Crippen molar-refractivity contribution >= 4 is 11.6 Å². The fourth-order valence-electron chi connectivity index (χ4n) is 2.09. The van der Waals surface area contributed by atoms with Crippen LogP contribution in [0.3, 0.4) is 0 Å². The molecule has 1 aliphatic rings. The van der Waals surface area contributed by atoms with E-state index < -0.39 is 0 Å². The molecule has 0 radical (unpaired) electrons. The summed E-state index contributed by atoms with van der Waals surface area (Å²) in [7, 11) is 0. The maximum absolute atomic E-state index is 5.88. The Morgan fingerprint density at radius 2 is 1.93 bits per heavy atom. The van der Waals surface area contributed by atoms with E-state index in [1.165, 1.54) is 24.8 Å². The Kier molecular flexibility index (Phi) is 2.64. The van der Waals surface area contributed by atoms with Gasteiger partial charge in [0.05, 0.1) is 0 Å². The smallest absolute Gasteiger partial charge is 0.0406 e. The Morgan fingerprint density at radius 1 is 1.21 bits per heavy atom. The Balaban J connectivity index is 2.33. The number of allylic oxidation sites excluding steroid dienone is 2. The number of hydrogen-bond donors (Lipinski definition) is 0.